The minimum atomic E-state index is 1.10. The summed E-state index contributed by atoms with van der Waals surface area (Å²) in [5.41, 5.74) is 0. The van der Waals surface area contributed by atoms with Gasteiger partial charge >= 0.3 is 0 Å². The molecule has 0 aromatic heterocycles. The maximum absolute atomic E-state index is 4.73. The predicted molar refractivity (Wildman–Crippen MR) is 43.8 cm³/mol. The van der Waals surface area contributed by atoms with Gasteiger partial charge in [0.2, 0.25) is 0 Å². The minimum Gasteiger partial charge on any atom is -0.505 e. The third-order valence-electron chi connectivity index (χ3n) is 0.987. The van der Waals surface area contributed by atoms with E-state index in [1.807, 2.05) is 6.08 Å². The molecular weight excluding hydrogens is 180 g/mol. The lowest BCUT2D eigenvalue weighted by Crippen LogP contribution is -1.73. The highest BCUT2D eigenvalue weighted by Crippen LogP contribution is 1.98. The number of hydrogen-bond acceptors (Lipinski definition) is 1. The van der Waals surface area contributed by atoms with E-state index in [9.17, 15) is 0 Å². The van der Waals surface area contributed by atoms with Gasteiger partial charge in [-0.05, 0) is 25.3 Å². The Labute approximate surface area is 65.2 Å². The van der Waals surface area contributed by atoms with Gasteiger partial charge in [0.15, 0.2) is 0 Å². The number of rotatable bonds is 5. The normalized spacial score (nSPS) is 10.4. The van der Waals surface area contributed by atoms with Crippen molar-refractivity contribution in [2.45, 2.75) is 19.3 Å². The van der Waals surface area contributed by atoms with E-state index in [1.54, 1.807) is 13.4 Å². The van der Waals surface area contributed by atoms with Crippen molar-refractivity contribution >= 4 is 15.9 Å². The highest BCUT2D eigenvalue weighted by atomic mass is 79.9. The molecule has 0 atom stereocenters. The minimum absolute atomic E-state index is 1.10. The topological polar surface area (TPSA) is 9.23 Å². The smallest absolute Gasteiger partial charge is 0.0784 e. The highest BCUT2D eigenvalue weighted by Gasteiger charge is 1.80. The van der Waals surface area contributed by atoms with Gasteiger partial charge in [-0.1, -0.05) is 15.9 Å². The average Bonchev–Trinajstić information content (AvgIpc) is 1.89. The molecule has 0 aliphatic rings. The fourth-order valence-electron chi connectivity index (χ4n) is 0.521. The van der Waals surface area contributed by atoms with Crippen molar-refractivity contribution in [1.29, 1.82) is 0 Å². The second-order valence-corrected chi connectivity index (χ2v) is 2.59. The van der Waals surface area contributed by atoms with Crippen molar-refractivity contribution in [2.75, 3.05) is 12.4 Å². The van der Waals surface area contributed by atoms with E-state index in [-0.39, 0.29) is 0 Å². The maximum Gasteiger partial charge on any atom is 0.0784 e. The first kappa shape index (κ1) is 9.02. The van der Waals surface area contributed by atoms with Crippen molar-refractivity contribution in [3.05, 3.63) is 12.3 Å². The Morgan fingerprint density at radius 2 is 2.22 bits per heavy atom. The van der Waals surface area contributed by atoms with Crippen LogP contribution in [0.5, 0.6) is 0 Å². The number of methoxy groups -OCH3 is 1. The first-order chi connectivity index (χ1) is 4.41. The van der Waals surface area contributed by atoms with Crippen LogP contribution in [0.3, 0.4) is 0 Å². The molecule has 0 saturated heterocycles. The number of allylic oxidation sites excluding steroid dienone is 1. The average molecular weight is 193 g/mol. The van der Waals surface area contributed by atoms with Gasteiger partial charge in [0.1, 0.15) is 0 Å². The lowest BCUT2D eigenvalue weighted by atomic mass is 10.2. The van der Waals surface area contributed by atoms with Crippen molar-refractivity contribution in [2.24, 2.45) is 0 Å². The first-order valence-corrected chi connectivity index (χ1v) is 4.27. The van der Waals surface area contributed by atoms with Gasteiger partial charge in [-0.25, -0.2) is 0 Å². The van der Waals surface area contributed by atoms with Crippen molar-refractivity contribution in [3.63, 3.8) is 0 Å². The van der Waals surface area contributed by atoms with Crippen molar-refractivity contribution < 1.29 is 4.74 Å². The molecule has 0 aliphatic heterocycles. The van der Waals surface area contributed by atoms with E-state index >= 15 is 0 Å². The fraction of sp³-hybridized carbons (Fsp3) is 0.714. The quantitative estimate of drug-likeness (QED) is 0.370. The number of hydrogen-bond donors (Lipinski definition) is 0. The van der Waals surface area contributed by atoms with Gasteiger partial charge in [-0.3, -0.25) is 0 Å². The molecule has 0 aromatic rings. The summed E-state index contributed by atoms with van der Waals surface area (Å²) >= 11 is 3.36. The molecule has 0 aromatic carbocycles. The summed E-state index contributed by atoms with van der Waals surface area (Å²) in [5, 5.41) is 1.10. The molecule has 9 heavy (non-hydrogen) atoms. The second kappa shape index (κ2) is 8.02. The van der Waals surface area contributed by atoms with Crippen LogP contribution < -0.4 is 0 Å². The van der Waals surface area contributed by atoms with E-state index in [2.05, 4.69) is 15.9 Å². The van der Waals surface area contributed by atoms with Crippen LogP contribution in [-0.4, -0.2) is 12.4 Å². The van der Waals surface area contributed by atoms with Crippen LogP contribution in [0, 0.1) is 0 Å². The molecular formula is C7H13BrO. The number of halogens is 1. The van der Waals surface area contributed by atoms with E-state index in [0.29, 0.717) is 0 Å². The predicted octanol–water partition coefficient (Wildman–Crippen LogP) is 2.71. The Bertz CT molecular complexity index is 71.3. The fourth-order valence-corrected chi connectivity index (χ4v) is 0.917. The zero-order valence-corrected chi connectivity index (χ0v) is 7.36. The number of ether oxygens (including phenoxy) is 1. The lowest BCUT2D eigenvalue weighted by molar-refractivity contribution is 0.336. The first-order valence-electron chi connectivity index (χ1n) is 3.15. The zero-order valence-electron chi connectivity index (χ0n) is 5.77. The lowest BCUT2D eigenvalue weighted by Gasteiger charge is -1.89. The van der Waals surface area contributed by atoms with E-state index < -0.39 is 0 Å². The summed E-state index contributed by atoms with van der Waals surface area (Å²) < 4.78 is 4.73. The Kier molecular flexibility index (Phi) is 8.04. The SMILES string of the molecule is COC=CCCCCBr. The van der Waals surface area contributed by atoms with Crippen LogP contribution in [-0.2, 0) is 4.74 Å². The Hall–Kier alpha value is 0.0200. The highest BCUT2D eigenvalue weighted by molar-refractivity contribution is 9.09. The molecule has 0 aliphatic carbocycles. The molecule has 0 amide bonds. The van der Waals surface area contributed by atoms with Gasteiger partial charge in [-0.15, -0.1) is 0 Å². The van der Waals surface area contributed by atoms with E-state index in [4.69, 9.17) is 4.74 Å². The third-order valence-corrected chi connectivity index (χ3v) is 1.55. The van der Waals surface area contributed by atoms with Gasteiger partial charge in [0, 0.05) is 5.33 Å². The summed E-state index contributed by atoms with van der Waals surface area (Å²) in [7, 11) is 1.67. The molecule has 0 heterocycles. The van der Waals surface area contributed by atoms with Gasteiger partial charge in [0.05, 0.1) is 13.4 Å². The van der Waals surface area contributed by atoms with Crippen molar-refractivity contribution in [1.82, 2.24) is 0 Å². The second-order valence-electron chi connectivity index (χ2n) is 1.79. The summed E-state index contributed by atoms with van der Waals surface area (Å²) in [5.74, 6) is 0. The summed E-state index contributed by atoms with van der Waals surface area (Å²) in [6.45, 7) is 0. The Morgan fingerprint density at radius 1 is 1.44 bits per heavy atom. The maximum atomic E-state index is 4.73. The molecule has 0 rings (SSSR count). The van der Waals surface area contributed by atoms with Crippen molar-refractivity contribution in [3.8, 4) is 0 Å². The molecule has 2 heteroatoms. The summed E-state index contributed by atoms with van der Waals surface area (Å²) in [6.07, 6.45) is 7.38. The molecule has 54 valence electrons. The van der Waals surface area contributed by atoms with Crippen LogP contribution in [0.25, 0.3) is 0 Å². The zero-order chi connectivity index (χ0) is 6.95. The van der Waals surface area contributed by atoms with E-state index in [1.165, 1.54) is 12.8 Å². The molecule has 0 N–H and O–H groups in total. The van der Waals surface area contributed by atoms with Crippen LogP contribution in [0.2, 0.25) is 0 Å². The number of unbranched alkanes of at least 4 members (excludes halogenated alkanes) is 2. The largest absolute Gasteiger partial charge is 0.505 e. The van der Waals surface area contributed by atoms with Crippen LogP contribution in [0.4, 0.5) is 0 Å². The van der Waals surface area contributed by atoms with Crippen LogP contribution in [0.1, 0.15) is 19.3 Å². The standard InChI is InChI=1S/C7H13BrO/c1-9-7-5-3-2-4-6-8/h5,7H,2-4,6H2,1H3. The Balaban J connectivity index is 2.82. The van der Waals surface area contributed by atoms with Gasteiger partial charge in [-0.2, -0.15) is 0 Å². The van der Waals surface area contributed by atoms with Crippen LogP contribution in [0.15, 0.2) is 12.3 Å². The Morgan fingerprint density at radius 3 is 2.78 bits per heavy atom. The summed E-state index contributed by atoms with van der Waals surface area (Å²) in [6, 6.07) is 0. The molecule has 0 bridgehead atoms. The molecule has 0 saturated carbocycles. The molecule has 1 nitrogen and oxygen atoms in total. The van der Waals surface area contributed by atoms with Crippen LogP contribution >= 0.6 is 15.9 Å². The molecule has 0 fully saturated rings. The van der Waals surface area contributed by atoms with Gasteiger partial charge < -0.3 is 4.74 Å². The molecule has 0 unspecified atom stereocenters. The molecule has 0 radical (unpaired) electrons. The summed E-state index contributed by atoms with van der Waals surface area (Å²) in [4.78, 5) is 0. The third kappa shape index (κ3) is 8.02. The number of alkyl halides is 1. The van der Waals surface area contributed by atoms with E-state index in [0.717, 1.165) is 11.8 Å². The monoisotopic (exact) mass is 192 g/mol. The van der Waals surface area contributed by atoms with Gasteiger partial charge in [0.25, 0.3) is 0 Å². The molecule has 0 spiro atoms.